The first kappa shape index (κ1) is 22.9. The minimum Gasteiger partial charge on any atom is -0.507 e. The Labute approximate surface area is 204 Å². The summed E-state index contributed by atoms with van der Waals surface area (Å²) in [5, 5.41) is 11.4. The smallest absolute Gasteiger partial charge is 0.295 e. The number of fused-ring (bicyclic) bond motifs is 1. The highest BCUT2D eigenvalue weighted by molar-refractivity contribution is 6.46. The van der Waals surface area contributed by atoms with Crippen LogP contribution in [0, 0.1) is 0 Å². The number of aryl methyl sites for hydroxylation is 2. The number of ketones is 1. The van der Waals surface area contributed by atoms with Gasteiger partial charge < -0.3 is 19.3 Å². The number of rotatable bonds is 7. The molecule has 2 unspecified atom stereocenters. The van der Waals surface area contributed by atoms with Crippen LogP contribution in [0.2, 0.25) is 0 Å². The second kappa shape index (κ2) is 9.41. The predicted octanol–water partition coefficient (Wildman–Crippen LogP) is 4.28. The van der Waals surface area contributed by atoms with E-state index in [0.717, 1.165) is 29.7 Å². The molecule has 1 aromatic heterocycles. The molecule has 2 atom stereocenters. The van der Waals surface area contributed by atoms with E-state index in [0.29, 0.717) is 25.1 Å². The molecule has 7 heteroatoms. The lowest BCUT2D eigenvalue weighted by Crippen LogP contribution is -2.31. The molecule has 0 radical (unpaired) electrons. The van der Waals surface area contributed by atoms with E-state index in [1.807, 2.05) is 54.1 Å². The van der Waals surface area contributed by atoms with Gasteiger partial charge in [0.1, 0.15) is 17.6 Å². The van der Waals surface area contributed by atoms with Gasteiger partial charge in [-0.1, -0.05) is 31.2 Å². The van der Waals surface area contributed by atoms with Crippen LogP contribution in [-0.4, -0.2) is 43.9 Å². The first-order valence-corrected chi connectivity index (χ1v) is 12.1. The molecular formula is C28H29N3O4. The number of hydrogen-bond acceptors (Lipinski definition) is 5. The molecule has 1 saturated heterocycles. The molecule has 0 spiro atoms. The third-order valence-corrected chi connectivity index (χ3v) is 6.79. The van der Waals surface area contributed by atoms with E-state index in [4.69, 9.17) is 4.74 Å². The zero-order chi connectivity index (χ0) is 24.5. The van der Waals surface area contributed by atoms with Crippen LogP contribution in [0.5, 0.6) is 5.75 Å². The Morgan fingerprint density at radius 2 is 1.94 bits per heavy atom. The molecule has 35 heavy (non-hydrogen) atoms. The summed E-state index contributed by atoms with van der Waals surface area (Å²) in [5.74, 6) is -0.590. The molecule has 1 amide bonds. The van der Waals surface area contributed by atoms with Crippen LogP contribution >= 0.6 is 0 Å². The number of carbonyl (C=O) groups excluding carboxylic acids is 2. The summed E-state index contributed by atoms with van der Waals surface area (Å²) in [7, 11) is 0. The Balaban J connectivity index is 1.53. The quantitative estimate of drug-likeness (QED) is 0.316. The van der Waals surface area contributed by atoms with Crippen molar-refractivity contribution in [1.29, 1.82) is 0 Å². The van der Waals surface area contributed by atoms with Gasteiger partial charge in [0.15, 0.2) is 0 Å². The number of ether oxygens (including phenoxy) is 1. The van der Waals surface area contributed by atoms with Crippen molar-refractivity contribution in [3.8, 4) is 5.75 Å². The van der Waals surface area contributed by atoms with Gasteiger partial charge in [0, 0.05) is 37.5 Å². The van der Waals surface area contributed by atoms with Crippen molar-refractivity contribution in [3.63, 3.8) is 0 Å². The molecular weight excluding hydrogens is 442 g/mol. The van der Waals surface area contributed by atoms with E-state index >= 15 is 0 Å². The lowest BCUT2D eigenvalue weighted by atomic mass is 9.93. The van der Waals surface area contributed by atoms with Gasteiger partial charge in [-0.2, -0.15) is 0 Å². The molecule has 2 aliphatic rings. The van der Waals surface area contributed by atoms with E-state index in [2.05, 4.69) is 11.9 Å². The highest BCUT2D eigenvalue weighted by atomic mass is 16.5. The van der Waals surface area contributed by atoms with E-state index in [1.165, 1.54) is 5.56 Å². The maximum Gasteiger partial charge on any atom is 0.295 e. The lowest BCUT2D eigenvalue weighted by Gasteiger charge is -2.25. The Kier molecular flexibility index (Phi) is 6.16. The molecule has 0 aliphatic carbocycles. The number of Topliss-reactive ketones (excluding diaryl/α,β-unsaturated/α-hetero) is 1. The third-order valence-electron chi connectivity index (χ3n) is 6.79. The number of benzene rings is 2. The van der Waals surface area contributed by atoms with Crippen molar-refractivity contribution < 1.29 is 19.4 Å². The molecule has 2 aliphatic heterocycles. The fourth-order valence-corrected chi connectivity index (χ4v) is 4.96. The van der Waals surface area contributed by atoms with Crippen molar-refractivity contribution in [3.05, 3.63) is 89.0 Å². The Hall–Kier alpha value is -3.87. The summed E-state index contributed by atoms with van der Waals surface area (Å²) in [4.78, 5) is 32.1. The largest absolute Gasteiger partial charge is 0.507 e. The number of amides is 1. The highest BCUT2D eigenvalue weighted by Gasteiger charge is 2.45. The fraction of sp³-hybridized carbons (Fsp3) is 0.321. The molecule has 2 aromatic carbocycles. The van der Waals surface area contributed by atoms with Gasteiger partial charge in [0.05, 0.1) is 17.9 Å². The lowest BCUT2D eigenvalue weighted by molar-refractivity contribution is -0.139. The Morgan fingerprint density at radius 3 is 2.66 bits per heavy atom. The van der Waals surface area contributed by atoms with Crippen molar-refractivity contribution in [2.45, 2.75) is 51.8 Å². The van der Waals surface area contributed by atoms with Gasteiger partial charge in [0.25, 0.3) is 11.7 Å². The number of nitrogens with zero attached hydrogens (tertiary/aromatic N) is 3. The number of hydrogen-bond donors (Lipinski definition) is 1. The number of aromatic nitrogens is 2. The van der Waals surface area contributed by atoms with E-state index < -0.39 is 17.7 Å². The van der Waals surface area contributed by atoms with Crippen molar-refractivity contribution in [2.24, 2.45) is 0 Å². The monoisotopic (exact) mass is 471 g/mol. The maximum absolute atomic E-state index is 13.3. The first-order chi connectivity index (χ1) is 17.0. The molecule has 0 saturated carbocycles. The van der Waals surface area contributed by atoms with Gasteiger partial charge in [-0.3, -0.25) is 9.59 Å². The Bertz CT molecular complexity index is 1280. The highest BCUT2D eigenvalue weighted by Crippen LogP contribution is 2.40. The van der Waals surface area contributed by atoms with E-state index in [9.17, 15) is 14.7 Å². The molecule has 180 valence electrons. The second-order valence-corrected chi connectivity index (χ2v) is 9.20. The minimum atomic E-state index is -0.653. The van der Waals surface area contributed by atoms with Crippen molar-refractivity contribution >= 4 is 17.4 Å². The zero-order valence-corrected chi connectivity index (χ0v) is 20.0. The van der Waals surface area contributed by atoms with Crippen LogP contribution in [0.25, 0.3) is 5.76 Å². The van der Waals surface area contributed by atoms with Gasteiger partial charge in [0.2, 0.25) is 0 Å². The summed E-state index contributed by atoms with van der Waals surface area (Å²) in [6, 6.07) is 12.7. The third kappa shape index (κ3) is 4.34. The maximum atomic E-state index is 13.3. The molecule has 3 aromatic rings. The van der Waals surface area contributed by atoms with Crippen LogP contribution in [0.4, 0.5) is 0 Å². The number of carbonyl (C=O) groups is 2. The van der Waals surface area contributed by atoms with Gasteiger partial charge in [-0.15, -0.1) is 0 Å². The average Bonchev–Trinajstić information content (AvgIpc) is 3.57. The van der Waals surface area contributed by atoms with Gasteiger partial charge in [-0.05, 0) is 54.7 Å². The van der Waals surface area contributed by atoms with Crippen molar-refractivity contribution in [2.75, 3.05) is 6.54 Å². The van der Waals surface area contributed by atoms with E-state index in [1.54, 1.807) is 23.5 Å². The number of imidazole rings is 1. The number of aliphatic hydroxyl groups excluding tert-OH is 1. The summed E-state index contributed by atoms with van der Waals surface area (Å²) in [5.41, 5.74) is 3.61. The fourth-order valence-electron chi connectivity index (χ4n) is 4.96. The topological polar surface area (TPSA) is 84.7 Å². The SMILES string of the molecule is CCc1ccc(C2/C(=C(/O)c3ccc4c(c3)CC(C)O4)C(=O)C(=O)N2CCCn2ccnc2)cc1. The van der Waals surface area contributed by atoms with Crippen LogP contribution in [0.15, 0.2) is 66.8 Å². The normalized spacial score (nSPS) is 20.8. The molecule has 1 fully saturated rings. The first-order valence-electron chi connectivity index (χ1n) is 12.1. The van der Waals surface area contributed by atoms with Gasteiger partial charge >= 0.3 is 0 Å². The van der Waals surface area contributed by atoms with Crippen LogP contribution in [0.3, 0.4) is 0 Å². The molecule has 1 N–H and O–H groups in total. The van der Waals surface area contributed by atoms with Crippen molar-refractivity contribution in [1.82, 2.24) is 14.5 Å². The molecule has 0 bridgehead atoms. The predicted molar refractivity (Wildman–Crippen MR) is 132 cm³/mol. The molecule has 7 nitrogen and oxygen atoms in total. The summed E-state index contributed by atoms with van der Waals surface area (Å²) < 4.78 is 7.72. The van der Waals surface area contributed by atoms with E-state index in [-0.39, 0.29) is 17.4 Å². The zero-order valence-electron chi connectivity index (χ0n) is 20.0. The molecule has 5 rings (SSSR count). The standard InChI is InChI=1S/C28H29N3O4/c1-3-19-5-7-20(8-6-19)25-24(26(32)21-9-10-23-22(16-21)15-18(2)35-23)27(33)28(34)31(25)13-4-12-30-14-11-29-17-30/h5-11,14,16-18,25,32H,3-4,12-13,15H2,1-2H3/b26-24-. The summed E-state index contributed by atoms with van der Waals surface area (Å²) >= 11 is 0. The molecule has 3 heterocycles. The van der Waals surface area contributed by atoms with Crippen LogP contribution in [0.1, 0.15) is 48.6 Å². The number of likely N-dealkylation sites (tertiary alicyclic amines) is 1. The van der Waals surface area contributed by atoms with Gasteiger partial charge in [-0.25, -0.2) is 4.98 Å². The summed E-state index contributed by atoms with van der Waals surface area (Å²) in [6.45, 7) is 5.13. The van der Waals surface area contributed by atoms with Crippen LogP contribution < -0.4 is 4.74 Å². The minimum absolute atomic E-state index is 0.0700. The second-order valence-electron chi connectivity index (χ2n) is 9.20. The van der Waals surface area contributed by atoms with Crippen LogP contribution in [-0.2, 0) is 29.0 Å². The summed E-state index contributed by atoms with van der Waals surface area (Å²) in [6.07, 6.45) is 7.66. The number of aliphatic hydroxyl groups is 1. The Morgan fingerprint density at radius 1 is 1.14 bits per heavy atom. The average molecular weight is 472 g/mol.